The number of aromatic nitrogens is 6. The van der Waals surface area contributed by atoms with Gasteiger partial charge in [-0.15, -0.1) is 0 Å². The molecule has 0 radical (unpaired) electrons. The van der Waals surface area contributed by atoms with Crippen LogP contribution >= 0.6 is 0 Å². The minimum Gasteiger partial charge on any atom is -0.376 e. The van der Waals surface area contributed by atoms with E-state index in [-0.39, 0.29) is 5.82 Å². The lowest BCUT2D eigenvalue weighted by molar-refractivity contribution is 0.631. The monoisotopic (exact) mass is 449 g/mol. The normalized spacial score (nSPS) is 11.4. The number of nitrogens with one attached hydrogen (secondary N) is 2. The molecule has 34 heavy (non-hydrogen) atoms. The molecule has 0 atom stereocenters. The van der Waals surface area contributed by atoms with Gasteiger partial charge in [-0.25, -0.2) is 14.4 Å². The number of pyridine rings is 2. The zero-order valence-corrected chi connectivity index (χ0v) is 18.5. The van der Waals surface area contributed by atoms with Crippen LogP contribution < -0.4 is 4.90 Å². The van der Waals surface area contributed by atoms with Crippen molar-refractivity contribution in [3.05, 3.63) is 79.0 Å². The molecule has 0 aliphatic heterocycles. The van der Waals surface area contributed by atoms with E-state index >= 15 is 0 Å². The van der Waals surface area contributed by atoms with E-state index in [9.17, 15) is 4.39 Å². The van der Waals surface area contributed by atoms with Gasteiger partial charge < -0.3 is 9.88 Å². The second-order valence-corrected chi connectivity index (χ2v) is 8.29. The second-order valence-electron chi connectivity index (χ2n) is 8.29. The first kappa shape index (κ1) is 20.0. The van der Waals surface area contributed by atoms with Gasteiger partial charge in [0.25, 0.3) is 0 Å². The van der Waals surface area contributed by atoms with Crippen LogP contribution in [0.5, 0.6) is 0 Å². The Balaban J connectivity index is 1.49. The molecule has 166 valence electrons. The number of H-pyrrole nitrogens is 2. The van der Waals surface area contributed by atoms with Crippen LogP contribution in [0.15, 0.2) is 73.2 Å². The quantitative estimate of drug-likeness (QED) is 0.375. The number of fused-ring (bicyclic) bond motifs is 2. The van der Waals surface area contributed by atoms with E-state index in [1.54, 1.807) is 18.3 Å². The Morgan fingerprint density at radius 1 is 0.882 bits per heavy atom. The summed E-state index contributed by atoms with van der Waals surface area (Å²) in [5, 5.41) is 8.30. The first-order valence-electron chi connectivity index (χ1n) is 10.8. The van der Waals surface area contributed by atoms with Gasteiger partial charge in [-0.1, -0.05) is 30.3 Å². The molecule has 0 amide bonds. The van der Waals surface area contributed by atoms with Crippen LogP contribution in [-0.4, -0.2) is 44.2 Å². The smallest absolute Gasteiger partial charge is 0.159 e. The predicted octanol–water partition coefficient (Wildman–Crippen LogP) is 5.44. The van der Waals surface area contributed by atoms with Crippen LogP contribution in [0.3, 0.4) is 0 Å². The minimum atomic E-state index is -0.285. The van der Waals surface area contributed by atoms with Gasteiger partial charge in [0.1, 0.15) is 11.5 Å². The Morgan fingerprint density at radius 3 is 2.56 bits per heavy atom. The standard InChI is InChI=1S/C26H20FN7/c1-34(2)17-10-15(12-28-14-17)16-11-20-24(32-33-25(20)29-13-16)26-30-22-9-5-7-19(23(22)31-26)18-6-3-4-8-21(18)27/h3-14H,1-2H3,(H,30,31)(H,29,32,33). The van der Waals surface area contributed by atoms with Gasteiger partial charge in [-0.05, 0) is 24.3 Å². The highest BCUT2D eigenvalue weighted by molar-refractivity contribution is 5.97. The van der Waals surface area contributed by atoms with Gasteiger partial charge in [0.15, 0.2) is 11.5 Å². The summed E-state index contributed by atoms with van der Waals surface area (Å²) >= 11 is 0. The lowest BCUT2D eigenvalue weighted by Gasteiger charge is -2.12. The maximum Gasteiger partial charge on any atom is 0.159 e. The van der Waals surface area contributed by atoms with Crippen molar-refractivity contribution < 1.29 is 4.39 Å². The molecule has 0 bridgehead atoms. The zero-order valence-electron chi connectivity index (χ0n) is 18.5. The minimum absolute atomic E-state index is 0.285. The van der Waals surface area contributed by atoms with Crippen molar-refractivity contribution >= 4 is 27.8 Å². The van der Waals surface area contributed by atoms with Crippen molar-refractivity contribution in [2.45, 2.75) is 0 Å². The summed E-state index contributed by atoms with van der Waals surface area (Å²) in [5.41, 5.74) is 6.92. The van der Waals surface area contributed by atoms with Gasteiger partial charge in [0.05, 0.1) is 28.3 Å². The van der Waals surface area contributed by atoms with Crippen molar-refractivity contribution in [1.82, 2.24) is 30.1 Å². The summed E-state index contributed by atoms with van der Waals surface area (Å²) in [7, 11) is 3.96. The Hall–Kier alpha value is -4.59. The van der Waals surface area contributed by atoms with E-state index in [2.05, 4.69) is 31.2 Å². The Kier molecular flexibility index (Phi) is 4.58. The molecule has 4 heterocycles. The SMILES string of the molecule is CN(C)c1cncc(-c2cnc3[nH]nc(-c4nc5c(-c6ccccc6F)cccc5[nH]4)c3c2)c1. The first-order chi connectivity index (χ1) is 16.6. The summed E-state index contributed by atoms with van der Waals surface area (Å²) in [4.78, 5) is 19.1. The third kappa shape index (κ3) is 3.27. The fraction of sp³-hybridized carbons (Fsp3) is 0.0769. The van der Waals surface area contributed by atoms with E-state index in [1.807, 2.05) is 61.7 Å². The van der Waals surface area contributed by atoms with Crippen LogP contribution in [0, 0.1) is 5.82 Å². The Labute approximate surface area is 194 Å². The van der Waals surface area contributed by atoms with Gasteiger partial charge in [-0.3, -0.25) is 10.1 Å². The summed E-state index contributed by atoms with van der Waals surface area (Å²) in [6.45, 7) is 0. The van der Waals surface area contributed by atoms with Crippen molar-refractivity contribution in [3.63, 3.8) is 0 Å². The van der Waals surface area contributed by atoms with Crippen molar-refractivity contribution in [2.75, 3.05) is 19.0 Å². The Bertz CT molecular complexity index is 1670. The molecule has 0 unspecified atom stereocenters. The molecule has 0 fully saturated rings. The molecule has 0 saturated heterocycles. The van der Waals surface area contributed by atoms with Gasteiger partial charge >= 0.3 is 0 Å². The maximum atomic E-state index is 14.5. The number of rotatable bonds is 4. The van der Waals surface area contributed by atoms with Crippen LogP contribution in [0.2, 0.25) is 0 Å². The number of halogens is 1. The number of nitrogens with zero attached hydrogens (tertiary/aromatic N) is 5. The van der Waals surface area contributed by atoms with Crippen LogP contribution in [0.25, 0.3) is 55.8 Å². The number of para-hydroxylation sites is 1. The molecule has 0 saturated carbocycles. The van der Waals surface area contributed by atoms with Gasteiger partial charge in [0, 0.05) is 48.7 Å². The zero-order chi connectivity index (χ0) is 23.2. The van der Waals surface area contributed by atoms with Crippen LogP contribution in [0.1, 0.15) is 0 Å². The predicted molar refractivity (Wildman–Crippen MR) is 132 cm³/mol. The Morgan fingerprint density at radius 2 is 1.71 bits per heavy atom. The number of imidazole rings is 1. The number of anilines is 1. The van der Waals surface area contributed by atoms with Crippen molar-refractivity contribution in [2.24, 2.45) is 0 Å². The molecule has 0 aliphatic carbocycles. The van der Waals surface area contributed by atoms with Gasteiger partial charge in [-0.2, -0.15) is 5.10 Å². The molecule has 7 nitrogen and oxygen atoms in total. The van der Waals surface area contributed by atoms with E-state index in [4.69, 9.17) is 4.98 Å². The molecule has 4 aromatic heterocycles. The highest BCUT2D eigenvalue weighted by Crippen LogP contribution is 2.33. The molecule has 0 spiro atoms. The summed E-state index contributed by atoms with van der Waals surface area (Å²) in [5.74, 6) is 0.302. The summed E-state index contributed by atoms with van der Waals surface area (Å²) in [6, 6.07) is 16.5. The largest absolute Gasteiger partial charge is 0.376 e. The first-order valence-corrected chi connectivity index (χ1v) is 10.8. The third-order valence-corrected chi connectivity index (χ3v) is 5.89. The second kappa shape index (κ2) is 7.77. The summed E-state index contributed by atoms with van der Waals surface area (Å²) in [6.07, 6.45) is 5.44. The molecule has 0 aliphatic rings. The average molecular weight is 449 g/mol. The average Bonchev–Trinajstić information content (AvgIpc) is 3.48. The fourth-order valence-corrected chi connectivity index (χ4v) is 4.11. The number of aromatic amines is 2. The van der Waals surface area contributed by atoms with E-state index in [1.165, 1.54) is 6.07 Å². The topological polar surface area (TPSA) is 86.4 Å². The number of hydrogen-bond donors (Lipinski definition) is 2. The van der Waals surface area contributed by atoms with Crippen molar-refractivity contribution in [3.8, 4) is 33.8 Å². The number of hydrogen-bond acceptors (Lipinski definition) is 5. The molecular weight excluding hydrogens is 429 g/mol. The van der Waals surface area contributed by atoms with Crippen molar-refractivity contribution in [1.29, 1.82) is 0 Å². The molecule has 6 aromatic rings. The lowest BCUT2D eigenvalue weighted by Crippen LogP contribution is -2.08. The molecule has 8 heteroatoms. The highest BCUT2D eigenvalue weighted by atomic mass is 19.1. The highest BCUT2D eigenvalue weighted by Gasteiger charge is 2.17. The lowest BCUT2D eigenvalue weighted by atomic mass is 10.0. The summed E-state index contributed by atoms with van der Waals surface area (Å²) < 4.78 is 14.5. The molecule has 6 rings (SSSR count). The molecule has 2 aromatic carbocycles. The van der Waals surface area contributed by atoms with Gasteiger partial charge in [0.2, 0.25) is 0 Å². The molecule has 2 N–H and O–H groups in total. The maximum absolute atomic E-state index is 14.5. The third-order valence-electron chi connectivity index (χ3n) is 5.89. The number of benzene rings is 2. The van der Waals surface area contributed by atoms with E-state index in [0.717, 1.165) is 33.3 Å². The van der Waals surface area contributed by atoms with Crippen LogP contribution in [-0.2, 0) is 0 Å². The van der Waals surface area contributed by atoms with E-state index in [0.29, 0.717) is 28.2 Å². The van der Waals surface area contributed by atoms with E-state index < -0.39 is 0 Å². The fourth-order valence-electron chi connectivity index (χ4n) is 4.11. The molecular formula is C26H20FN7. The van der Waals surface area contributed by atoms with Crippen LogP contribution in [0.4, 0.5) is 10.1 Å².